The molecule has 4 rings (SSSR count). The van der Waals surface area contributed by atoms with E-state index in [1.54, 1.807) is 24.3 Å². The number of hydrogen-bond donors (Lipinski definition) is 7. The molecule has 3 aromatic carbocycles. The summed E-state index contributed by atoms with van der Waals surface area (Å²) in [6, 6.07) is 15.5. The largest absolute Gasteiger partial charge is 0.497 e. The number of nitrogens with one attached hydrogen (secondary N) is 4. The van der Waals surface area contributed by atoms with Crippen molar-refractivity contribution in [3.05, 3.63) is 89.5 Å². The molecule has 60 heavy (non-hydrogen) atoms. The summed E-state index contributed by atoms with van der Waals surface area (Å²) in [6.07, 6.45) is -1.64. The number of aliphatic carboxylic acids is 1. The molecule has 3 aromatic rings. The van der Waals surface area contributed by atoms with Gasteiger partial charge in [0.1, 0.15) is 24.4 Å². The van der Waals surface area contributed by atoms with Gasteiger partial charge in [0.25, 0.3) is 11.8 Å². The number of rotatable bonds is 15. The summed E-state index contributed by atoms with van der Waals surface area (Å²) in [5, 5.41) is 30.4. The number of guanidine groups is 2. The maximum atomic E-state index is 14.5. The van der Waals surface area contributed by atoms with Gasteiger partial charge in [0.15, 0.2) is 0 Å². The molecular weight excluding hydrogens is 784 g/mol. The average Bonchev–Trinajstić information content (AvgIpc) is 3.23. The van der Waals surface area contributed by atoms with Gasteiger partial charge in [0.2, 0.25) is 23.7 Å². The quantitative estimate of drug-likeness (QED) is 0.0647. The highest BCUT2D eigenvalue weighted by molar-refractivity contribution is 6.13. The SMILES string of the molecule is COC(=O)N(C(=N)N)c1ccc(C(=O)NCCC[C@H]2C(=O)N(CC(=O)O)CCN2C(=O)C(Cc2ccc(OC)cc2)NC(=O)c2ccc(N(C(=N)N)C(=O)OC)cc2)cc1. The molecule has 0 aromatic heterocycles. The number of carbonyl (C=O) groups is 7. The summed E-state index contributed by atoms with van der Waals surface area (Å²) in [6.45, 7) is -0.691. The van der Waals surface area contributed by atoms with Crippen molar-refractivity contribution in [3.63, 3.8) is 0 Å². The third-order valence-corrected chi connectivity index (χ3v) is 9.31. The number of carboxylic acids is 1. The Balaban J connectivity index is 1.54. The highest BCUT2D eigenvalue weighted by Crippen LogP contribution is 2.22. The summed E-state index contributed by atoms with van der Waals surface area (Å²) in [7, 11) is 3.74. The lowest BCUT2D eigenvalue weighted by molar-refractivity contribution is -0.156. The van der Waals surface area contributed by atoms with Crippen LogP contribution in [0, 0.1) is 10.8 Å². The van der Waals surface area contributed by atoms with Crippen molar-refractivity contribution in [1.82, 2.24) is 20.4 Å². The molecule has 21 nitrogen and oxygen atoms in total. The van der Waals surface area contributed by atoms with Crippen molar-refractivity contribution in [2.75, 3.05) is 57.3 Å². The van der Waals surface area contributed by atoms with Gasteiger partial charge in [-0.3, -0.25) is 34.8 Å². The van der Waals surface area contributed by atoms with Crippen LogP contribution in [-0.4, -0.2) is 128 Å². The highest BCUT2D eigenvalue weighted by Gasteiger charge is 2.40. The fraction of sp³-hybridized carbons (Fsp3) is 0.308. The van der Waals surface area contributed by atoms with Crippen LogP contribution in [0.4, 0.5) is 21.0 Å². The number of hydrogen-bond acceptors (Lipinski definition) is 12. The second-order valence-corrected chi connectivity index (χ2v) is 13.2. The molecule has 0 radical (unpaired) electrons. The van der Waals surface area contributed by atoms with E-state index in [9.17, 15) is 38.7 Å². The van der Waals surface area contributed by atoms with Crippen LogP contribution >= 0.6 is 0 Å². The standard InChI is InChI=1S/C39H46N10O11/c1-58-28-16-6-23(7-17-28)21-29(45-33(53)25-10-14-27(15-11-25)49(37(42)43)39(57)60-3)34(54)47-20-19-46(22-31(50)51)35(55)30(47)5-4-18-44-32(52)24-8-12-26(13-9-24)48(36(40)41)38(56)59-2/h6-17,29-30H,4-5,18-22H2,1-3H3,(H3,40,41)(H3,42,43)(H,44,52)(H,45,53)(H,50,51)/t29?,30-/m0/s1. The molecule has 1 heterocycles. The fourth-order valence-corrected chi connectivity index (χ4v) is 6.33. The van der Waals surface area contributed by atoms with Crippen molar-refractivity contribution < 1.29 is 52.9 Å². The summed E-state index contributed by atoms with van der Waals surface area (Å²) in [5.74, 6) is -4.31. The molecule has 1 saturated heterocycles. The van der Waals surface area contributed by atoms with E-state index in [0.717, 1.165) is 28.9 Å². The van der Waals surface area contributed by atoms with Crippen LogP contribution in [-0.2, 0) is 30.3 Å². The second kappa shape index (κ2) is 20.6. The first kappa shape index (κ1) is 45.0. The Morgan fingerprint density at radius 1 is 0.800 bits per heavy atom. The molecule has 1 aliphatic heterocycles. The topological polar surface area (TPSA) is 304 Å². The Hall–Kier alpha value is -7.71. The van der Waals surface area contributed by atoms with Gasteiger partial charge in [-0.1, -0.05) is 12.1 Å². The highest BCUT2D eigenvalue weighted by atomic mass is 16.5. The zero-order chi connectivity index (χ0) is 44.1. The fourth-order valence-electron chi connectivity index (χ4n) is 6.33. The number of ether oxygens (including phenoxy) is 3. The Morgan fingerprint density at radius 3 is 1.78 bits per heavy atom. The van der Waals surface area contributed by atoms with Crippen LogP contribution in [0.1, 0.15) is 39.1 Å². The third-order valence-electron chi connectivity index (χ3n) is 9.31. The van der Waals surface area contributed by atoms with E-state index in [4.69, 9.17) is 27.0 Å². The third kappa shape index (κ3) is 11.2. The zero-order valence-electron chi connectivity index (χ0n) is 33.0. The van der Waals surface area contributed by atoms with E-state index in [1.807, 2.05) is 0 Å². The normalized spacial score (nSPS) is 13.9. The van der Waals surface area contributed by atoms with E-state index in [2.05, 4.69) is 20.1 Å². The first-order valence-electron chi connectivity index (χ1n) is 18.3. The molecule has 1 fully saturated rings. The van der Waals surface area contributed by atoms with Crippen LogP contribution in [0.15, 0.2) is 72.8 Å². The number of carboxylic acid groups (broad SMARTS) is 1. The van der Waals surface area contributed by atoms with Gasteiger partial charge < -0.3 is 51.2 Å². The molecule has 2 atom stereocenters. The average molecular weight is 831 g/mol. The van der Waals surface area contributed by atoms with Crippen LogP contribution in [0.25, 0.3) is 0 Å². The molecule has 9 N–H and O–H groups in total. The van der Waals surface area contributed by atoms with Gasteiger partial charge in [-0.15, -0.1) is 0 Å². The predicted molar refractivity (Wildman–Crippen MR) is 216 cm³/mol. The van der Waals surface area contributed by atoms with E-state index in [-0.39, 0.29) is 61.4 Å². The number of benzene rings is 3. The lowest BCUT2D eigenvalue weighted by atomic mass is 9.99. The van der Waals surface area contributed by atoms with Crippen LogP contribution in [0.3, 0.4) is 0 Å². The summed E-state index contributed by atoms with van der Waals surface area (Å²) < 4.78 is 14.6. The Labute approximate surface area is 344 Å². The number of piperazine rings is 1. The molecule has 21 heteroatoms. The molecular formula is C39H46N10O11. The second-order valence-electron chi connectivity index (χ2n) is 13.2. The number of nitrogens with two attached hydrogens (primary N) is 2. The minimum Gasteiger partial charge on any atom is -0.497 e. The van der Waals surface area contributed by atoms with E-state index in [0.29, 0.717) is 11.3 Å². The Bertz CT molecular complexity index is 2100. The van der Waals surface area contributed by atoms with Gasteiger partial charge >= 0.3 is 18.2 Å². The van der Waals surface area contributed by atoms with Gasteiger partial charge in [-0.2, -0.15) is 0 Å². The van der Waals surface area contributed by atoms with Gasteiger partial charge in [-0.25, -0.2) is 19.4 Å². The number of methoxy groups -OCH3 is 3. The smallest absolute Gasteiger partial charge is 0.421 e. The van der Waals surface area contributed by atoms with Crippen LogP contribution in [0.5, 0.6) is 5.75 Å². The number of amides is 6. The zero-order valence-corrected chi connectivity index (χ0v) is 33.0. The maximum absolute atomic E-state index is 14.5. The van der Waals surface area contributed by atoms with E-state index >= 15 is 0 Å². The van der Waals surface area contributed by atoms with E-state index < -0.39 is 72.3 Å². The van der Waals surface area contributed by atoms with Crippen LogP contribution in [0.2, 0.25) is 0 Å². The van der Waals surface area contributed by atoms with E-state index in [1.165, 1.54) is 60.5 Å². The summed E-state index contributed by atoms with van der Waals surface area (Å²) in [5.41, 5.74) is 12.3. The Kier molecular flexibility index (Phi) is 15.5. The maximum Gasteiger partial charge on any atom is 0.421 e. The van der Waals surface area contributed by atoms with Crippen molar-refractivity contribution in [2.45, 2.75) is 31.3 Å². The molecule has 0 spiro atoms. The van der Waals surface area contributed by atoms with Gasteiger partial charge in [-0.05, 0) is 79.1 Å². The minimum atomic E-state index is -1.24. The first-order chi connectivity index (χ1) is 28.6. The van der Waals surface area contributed by atoms with Gasteiger partial charge in [0.05, 0.1) is 32.7 Å². The number of nitrogens with zero attached hydrogens (tertiary/aromatic N) is 4. The molecule has 318 valence electrons. The molecule has 1 unspecified atom stereocenters. The lowest BCUT2D eigenvalue weighted by Gasteiger charge is -2.41. The predicted octanol–water partition coefficient (Wildman–Crippen LogP) is 1.30. The molecule has 0 aliphatic carbocycles. The summed E-state index contributed by atoms with van der Waals surface area (Å²) in [4.78, 5) is 94.8. The van der Waals surface area contributed by atoms with Crippen molar-refractivity contribution >= 4 is 65.1 Å². The monoisotopic (exact) mass is 830 g/mol. The van der Waals surface area contributed by atoms with Crippen molar-refractivity contribution in [2.24, 2.45) is 11.5 Å². The summed E-state index contributed by atoms with van der Waals surface area (Å²) >= 11 is 0. The Morgan fingerprint density at radius 2 is 1.32 bits per heavy atom. The number of carbonyl (C=O) groups excluding carboxylic acids is 6. The molecule has 0 bridgehead atoms. The van der Waals surface area contributed by atoms with Crippen molar-refractivity contribution in [3.8, 4) is 5.75 Å². The first-order valence-corrected chi connectivity index (χ1v) is 18.3. The number of anilines is 2. The lowest BCUT2D eigenvalue weighted by Crippen LogP contribution is -2.63. The van der Waals surface area contributed by atoms with Gasteiger partial charge in [0, 0.05) is 37.2 Å². The van der Waals surface area contributed by atoms with Crippen molar-refractivity contribution in [1.29, 1.82) is 10.8 Å². The molecule has 1 aliphatic rings. The minimum absolute atomic E-state index is 0.0119. The molecule has 6 amide bonds. The molecule has 0 saturated carbocycles. The van der Waals surface area contributed by atoms with Crippen LogP contribution < -0.4 is 36.6 Å².